The summed E-state index contributed by atoms with van der Waals surface area (Å²) < 4.78 is 25.8. The van der Waals surface area contributed by atoms with E-state index in [1.54, 1.807) is 42.6 Å². The van der Waals surface area contributed by atoms with Gasteiger partial charge in [0.15, 0.2) is 0 Å². The molecule has 1 radical (unpaired) electrons. The number of rotatable bonds is 3. The van der Waals surface area contributed by atoms with Crippen LogP contribution in [0.4, 0.5) is 5.69 Å². The fourth-order valence-corrected chi connectivity index (χ4v) is 2.65. The third-order valence-electron chi connectivity index (χ3n) is 2.61. The zero-order valence-corrected chi connectivity index (χ0v) is 11.0. The molecule has 18 heavy (non-hydrogen) atoms. The van der Waals surface area contributed by atoms with E-state index in [9.17, 15) is 8.42 Å². The van der Waals surface area contributed by atoms with Gasteiger partial charge in [-0.25, -0.2) is 8.42 Å². The highest BCUT2D eigenvalue weighted by Crippen LogP contribution is 2.20. The van der Waals surface area contributed by atoms with E-state index in [0.29, 0.717) is 5.69 Å². The molecule has 0 saturated heterocycles. The first kappa shape index (κ1) is 12.6. The van der Waals surface area contributed by atoms with Crippen molar-refractivity contribution in [3.05, 3.63) is 54.4 Å². The molecule has 1 aromatic heterocycles. The average molecular weight is 261 g/mol. The number of nitrogens with zero attached hydrogens (tertiary/aromatic N) is 2. The van der Waals surface area contributed by atoms with Crippen molar-refractivity contribution < 1.29 is 8.42 Å². The fraction of sp³-hybridized carbons (Fsp3) is 0.154. The second kappa shape index (κ2) is 4.78. The number of benzene rings is 1. The third kappa shape index (κ3) is 2.36. The normalized spacial score (nSPS) is 11.2. The Bertz CT molecular complexity index is 622. The van der Waals surface area contributed by atoms with Crippen LogP contribution >= 0.6 is 0 Å². The number of aromatic nitrogens is 1. The number of anilines is 1. The molecule has 0 aliphatic carbocycles. The molecule has 0 spiro atoms. The Morgan fingerprint density at radius 1 is 1.17 bits per heavy atom. The second-order valence-electron chi connectivity index (χ2n) is 3.92. The number of hydrogen-bond donors (Lipinski definition) is 0. The molecule has 0 saturated carbocycles. The summed E-state index contributed by atoms with van der Waals surface area (Å²) in [5.74, 6) is 0. The van der Waals surface area contributed by atoms with E-state index in [1.165, 1.54) is 11.4 Å². The van der Waals surface area contributed by atoms with Crippen LogP contribution in [0.1, 0.15) is 5.56 Å². The first-order chi connectivity index (χ1) is 8.51. The molecular formula is C13H13N2O2S. The van der Waals surface area contributed by atoms with Gasteiger partial charge >= 0.3 is 0 Å². The molecule has 0 fully saturated rings. The molecule has 0 N–H and O–H groups in total. The van der Waals surface area contributed by atoms with Crippen LogP contribution in [0.15, 0.2) is 47.5 Å². The lowest BCUT2D eigenvalue weighted by Crippen LogP contribution is -2.26. The summed E-state index contributed by atoms with van der Waals surface area (Å²) in [4.78, 5) is 4.05. The van der Waals surface area contributed by atoms with Gasteiger partial charge in [-0.15, -0.1) is 0 Å². The first-order valence-electron chi connectivity index (χ1n) is 5.40. The van der Waals surface area contributed by atoms with Crippen LogP contribution in [0.3, 0.4) is 0 Å². The van der Waals surface area contributed by atoms with Crippen LogP contribution < -0.4 is 4.31 Å². The van der Waals surface area contributed by atoms with Crippen molar-refractivity contribution in [1.82, 2.24) is 4.98 Å². The van der Waals surface area contributed by atoms with E-state index in [4.69, 9.17) is 0 Å². The topological polar surface area (TPSA) is 50.3 Å². The van der Waals surface area contributed by atoms with Crippen LogP contribution in [-0.4, -0.2) is 20.4 Å². The van der Waals surface area contributed by atoms with Gasteiger partial charge in [0.2, 0.25) is 0 Å². The summed E-state index contributed by atoms with van der Waals surface area (Å²) >= 11 is 0. The molecule has 0 bridgehead atoms. The molecule has 0 aliphatic rings. The number of sulfonamides is 1. The highest BCUT2D eigenvalue weighted by atomic mass is 32.2. The molecule has 2 rings (SSSR count). The predicted octanol–water partition coefficient (Wildman–Crippen LogP) is 2.02. The zero-order valence-electron chi connectivity index (χ0n) is 10.2. The minimum atomic E-state index is -3.55. The van der Waals surface area contributed by atoms with Gasteiger partial charge in [0.25, 0.3) is 10.0 Å². The summed E-state index contributed by atoms with van der Waals surface area (Å²) in [6, 6.07) is 10.1. The standard InChI is InChI=1S/C13H13N2O2S/c1-11-5-7-13(8-6-11)18(16,17)15(2)12-4-3-9-14-10-12/h3-9H,1-2H3. The summed E-state index contributed by atoms with van der Waals surface area (Å²) in [7, 11) is -2.06. The Hall–Kier alpha value is -1.88. The van der Waals surface area contributed by atoms with Crippen molar-refractivity contribution in [2.45, 2.75) is 11.8 Å². The van der Waals surface area contributed by atoms with E-state index in [0.717, 1.165) is 5.56 Å². The van der Waals surface area contributed by atoms with Gasteiger partial charge in [-0.05, 0) is 31.2 Å². The molecular weight excluding hydrogens is 248 g/mol. The summed E-state index contributed by atoms with van der Waals surface area (Å²) in [5, 5.41) is 0. The summed E-state index contributed by atoms with van der Waals surface area (Å²) in [6.45, 7) is 1.91. The smallest absolute Gasteiger partial charge is 0.264 e. The van der Waals surface area contributed by atoms with Crippen LogP contribution in [0.5, 0.6) is 0 Å². The lowest BCUT2D eigenvalue weighted by atomic mass is 10.2. The van der Waals surface area contributed by atoms with Gasteiger partial charge in [0, 0.05) is 13.2 Å². The van der Waals surface area contributed by atoms with Crippen molar-refractivity contribution in [3.63, 3.8) is 0 Å². The minimum absolute atomic E-state index is 0.257. The molecule has 2 aromatic rings. The molecule has 4 nitrogen and oxygen atoms in total. The Labute approximate surface area is 107 Å². The average Bonchev–Trinajstić information content (AvgIpc) is 2.39. The SMILES string of the molecule is Cc1ccc(S(=O)(=O)N(C)c2[c]nccc2)cc1. The molecule has 0 aliphatic heterocycles. The number of aryl methyl sites for hydroxylation is 1. The van der Waals surface area contributed by atoms with Gasteiger partial charge in [-0.2, -0.15) is 0 Å². The number of hydrogen-bond acceptors (Lipinski definition) is 3. The maximum absolute atomic E-state index is 12.3. The highest BCUT2D eigenvalue weighted by Gasteiger charge is 2.21. The maximum Gasteiger partial charge on any atom is 0.264 e. The van der Waals surface area contributed by atoms with E-state index in [-0.39, 0.29) is 4.90 Å². The Kier molecular flexibility index (Phi) is 3.34. The lowest BCUT2D eigenvalue weighted by molar-refractivity contribution is 0.594. The molecule has 93 valence electrons. The highest BCUT2D eigenvalue weighted by molar-refractivity contribution is 7.92. The molecule has 1 aromatic carbocycles. The van der Waals surface area contributed by atoms with Crippen LogP contribution in [0, 0.1) is 13.1 Å². The fourth-order valence-electron chi connectivity index (χ4n) is 1.49. The Morgan fingerprint density at radius 2 is 1.83 bits per heavy atom. The molecule has 5 heteroatoms. The van der Waals surface area contributed by atoms with Gasteiger partial charge in [0.05, 0.1) is 10.6 Å². The van der Waals surface area contributed by atoms with Crippen molar-refractivity contribution >= 4 is 15.7 Å². The molecule has 0 unspecified atom stereocenters. The Balaban J connectivity index is 2.40. The van der Waals surface area contributed by atoms with Gasteiger partial charge < -0.3 is 0 Å². The molecule has 0 atom stereocenters. The third-order valence-corrected chi connectivity index (χ3v) is 4.40. The van der Waals surface area contributed by atoms with E-state index in [1.807, 2.05) is 6.92 Å². The second-order valence-corrected chi connectivity index (χ2v) is 5.89. The monoisotopic (exact) mass is 261 g/mol. The van der Waals surface area contributed by atoms with E-state index < -0.39 is 10.0 Å². The summed E-state index contributed by atoms with van der Waals surface area (Å²) in [5.41, 5.74) is 1.43. The Morgan fingerprint density at radius 3 is 2.39 bits per heavy atom. The van der Waals surface area contributed by atoms with Crippen LogP contribution in [0.2, 0.25) is 0 Å². The van der Waals surface area contributed by atoms with Crippen LogP contribution in [-0.2, 0) is 10.0 Å². The van der Waals surface area contributed by atoms with Gasteiger partial charge in [-0.1, -0.05) is 17.7 Å². The van der Waals surface area contributed by atoms with E-state index in [2.05, 4.69) is 11.2 Å². The van der Waals surface area contributed by atoms with Crippen molar-refractivity contribution in [3.8, 4) is 0 Å². The number of pyridine rings is 1. The quantitative estimate of drug-likeness (QED) is 0.849. The molecule has 1 heterocycles. The van der Waals surface area contributed by atoms with E-state index >= 15 is 0 Å². The predicted molar refractivity (Wildman–Crippen MR) is 69.8 cm³/mol. The van der Waals surface area contributed by atoms with Crippen LogP contribution in [0.25, 0.3) is 0 Å². The van der Waals surface area contributed by atoms with Crippen molar-refractivity contribution in [1.29, 1.82) is 0 Å². The largest absolute Gasteiger partial charge is 0.267 e. The zero-order chi connectivity index (χ0) is 13.2. The maximum atomic E-state index is 12.3. The first-order valence-corrected chi connectivity index (χ1v) is 6.84. The van der Waals surface area contributed by atoms with Gasteiger partial charge in [0.1, 0.15) is 6.20 Å². The lowest BCUT2D eigenvalue weighted by Gasteiger charge is -2.18. The van der Waals surface area contributed by atoms with Crippen molar-refractivity contribution in [2.75, 3.05) is 11.4 Å². The minimum Gasteiger partial charge on any atom is -0.267 e. The molecule has 0 amide bonds. The van der Waals surface area contributed by atoms with Gasteiger partial charge in [-0.3, -0.25) is 9.29 Å². The summed E-state index contributed by atoms with van der Waals surface area (Å²) in [6.07, 6.45) is 4.20. The van der Waals surface area contributed by atoms with Crippen molar-refractivity contribution in [2.24, 2.45) is 0 Å².